The summed E-state index contributed by atoms with van der Waals surface area (Å²) in [6.07, 6.45) is 0. The van der Waals surface area contributed by atoms with Crippen LogP contribution < -0.4 is 0 Å². The Balaban J connectivity index is 0.000000220. The molecule has 0 aromatic heterocycles. The van der Waals surface area contributed by atoms with Crippen LogP contribution in [-0.2, 0) is 0 Å². The van der Waals surface area contributed by atoms with Gasteiger partial charge >= 0.3 is 11.9 Å². The monoisotopic (exact) mass is 432 g/mol. The van der Waals surface area contributed by atoms with E-state index in [1.54, 1.807) is 12.1 Å². The van der Waals surface area contributed by atoms with Crippen LogP contribution in [0.15, 0.2) is 45.3 Å². The van der Waals surface area contributed by atoms with Gasteiger partial charge in [-0.15, -0.1) is 0 Å². The highest BCUT2D eigenvalue weighted by atomic mass is 79.9. The maximum Gasteiger partial charge on any atom is 0.339 e. The smallest absolute Gasteiger partial charge is 0.339 e. The number of carbonyl (C=O) groups is 2. The molecule has 8 heteroatoms. The van der Waals surface area contributed by atoms with Crippen molar-refractivity contribution in [2.45, 2.75) is 0 Å². The molecule has 0 heterocycles. The first-order valence-electron chi connectivity index (χ1n) is 5.66. The van der Waals surface area contributed by atoms with Gasteiger partial charge in [-0.2, -0.15) is 0 Å². The van der Waals surface area contributed by atoms with Crippen molar-refractivity contribution >= 4 is 43.8 Å². The molecule has 0 aliphatic heterocycles. The molecule has 0 amide bonds. The van der Waals surface area contributed by atoms with Crippen LogP contribution in [0.4, 0.5) is 0 Å². The van der Waals surface area contributed by atoms with Gasteiger partial charge < -0.3 is 20.4 Å². The molecule has 0 bridgehead atoms. The minimum absolute atomic E-state index is 0.0896. The van der Waals surface area contributed by atoms with Crippen molar-refractivity contribution < 1.29 is 30.0 Å². The van der Waals surface area contributed by atoms with Gasteiger partial charge in [-0.25, -0.2) is 9.59 Å². The molecule has 4 N–H and O–H groups in total. The Morgan fingerprint density at radius 2 is 1.05 bits per heavy atom. The Morgan fingerprint density at radius 1 is 0.727 bits per heavy atom. The van der Waals surface area contributed by atoms with Gasteiger partial charge in [-0.05, 0) is 36.4 Å². The molecule has 0 saturated heterocycles. The van der Waals surface area contributed by atoms with E-state index in [0.717, 1.165) is 0 Å². The fourth-order valence-electron chi connectivity index (χ4n) is 1.37. The molecule has 0 spiro atoms. The Hall–Kier alpha value is -2.06. The number of benzene rings is 2. The van der Waals surface area contributed by atoms with E-state index in [9.17, 15) is 9.59 Å². The van der Waals surface area contributed by atoms with Crippen LogP contribution >= 0.6 is 31.9 Å². The molecule has 2 aromatic rings. The first-order valence-corrected chi connectivity index (χ1v) is 7.24. The largest absolute Gasteiger partial charge is 0.507 e. The summed E-state index contributed by atoms with van der Waals surface area (Å²) < 4.78 is 1.31. The van der Waals surface area contributed by atoms with Crippen LogP contribution in [-0.4, -0.2) is 32.4 Å². The first kappa shape index (κ1) is 18.0. The third-order valence-corrected chi connectivity index (χ3v) is 3.37. The third kappa shape index (κ3) is 5.05. The topological polar surface area (TPSA) is 115 Å². The van der Waals surface area contributed by atoms with Crippen LogP contribution in [0.3, 0.4) is 0 Å². The lowest BCUT2D eigenvalue weighted by Crippen LogP contribution is -1.95. The lowest BCUT2D eigenvalue weighted by molar-refractivity contribution is 0.0682. The molecule has 0 saturated carbocycles. The van der Waals surface area contributed by atoms with E-state index in [4.69, 9.17) is 20.4 Å². The average molecular weight is 434 g/mol. The van der Waals surface area contributed by atoms with Crippen molar-refractivity contribution in [3.05, 3.63) is 56.5 Å². The van der Waals surface area contributed by atoms with Crippen LogP contribution in [0.2, 0.25) is 0 Å². The maximum absolute atomic E-state index is 10.4. The summed E-state index contributed by atoms with van der Waals surface area (Å²) in [5.74, 6) is -2.72. The molecule has 0 aliphatic carbocycles. The number of carboxylic acid groups (broad SMARTS) is 2. The predicted octanol–water partition coefficient (Wildman–Crippen LogP) is 3.71. The Bertz CT molecular complexity index is 653. The van der Waals surface area contributed by atoms with Crippen molar-refractivity contribution in [3.63, 3.8) is 0 Å². The number of hydrogen-bond donors (Lipinski definition) is 4. The summed E-state index contributed by atoms with van der Waals surface area (Å²) >= 11 is 6.18. The molecule has 6 nitrogen and oxygen atoms in total. The summed E-state index contributed by atoms with van der Waals surface area (Å²) in [6, 6.07) is 8.46. The number of aromatic hydroxyl groups is 2. The number of halogens is 2. The highest BCUT2D eigenvalue weighted by Gasteiger charge is 2.08. The molecule has 22 heavy (non-hydrogen) atoms. The predicted molar refractivity (Wildman–Crippen MR) is 85.5 cm³/mol. The van der Waals surface area contributed by atoms with Crippen molar-refractivity contribution in [1.82, 2.24) is 0 Å². The second-order valence-electron chi connectivity index (χ2n) is 3.93. The highest BCUT2D eigenvalue weighted by molar-refractivity contribution is 9.10. The summed E-state index contributed by atoms with van der Waals surface area (Å²) in [5.41, 5.74) is -0.179. The molecule has 2 aromatic carbocycles. The number of rotatable bonds is 2. The van der Waals surface area contributed by atoms with Gasteiger partial charge in [0, 0.05) is 8.95 Å². The van der Waals surface area contributed by atoms with E-state index in [1.165, 1.54) is 24.3 Å². The third-order valence-electron chi connectivity index (χ3n) is 2.38. The van der Waals surface area contributed by atoms with E-state index in [1.807, 2.05) is 0 Å². The van der Waals surface area contributed by atoms with Crippen LogP contribution in [0.5, 0.6) is 11.5 Å². The number of aromatic carboxylic acids is 2. The van der Waals surface area contributed by atoms with E-state index in [-0.39, 0.29) is 22.6 Å². The van der Waals surface area contributed by atoms with E-state index < -0.39 is 11.9 Å². The SMILES string of the molecule is O=C(O)c1ccc(Br)cc1O.O=C(O)c1ccc(Br)cc1O. The maximum atomic E-state index is 10.4. The van der Waals surface area contributed by atoms with Gasteiger partial charge in [-0.1, -0.05) is 31.9 Å². The zero-order valence-electron chi connectivity index (χ0n) is 10.8. The molecule has 0 unspecified atom stereocenters. The van der Waals surface area contributed by atoms with Crippen molar-refractivity contribution in [2.24, 2.45) is 0 Å². The van der Waals surface area contributed by atoms with Gasteiger partial charge in [0.25, 0.3) is 0 Å². The van der Waals surface area contributed by atoms with Gasteiger partial charge in [0.15, 0.2) is 0 Å². The Labute approximate surface area is 141 Å². The zero-order valence-corrected chi connectivity index (χ0v) is 14.0. The molecular formula is C14H10Br2O6. The van der Waals surface area contributed by atoms with E-state index >= 15 is 0 Å². The number of hydrogen-bond acceptors (Lipinski definition) is 4. The summed E-state index contributed by atoms with van der Waals surface area (Å²) in [6.45, 7) is 0. The summed E-state index contributed by atoms with van der Waals surface area (Å²) in [5, 5.41) is 35.1. The average Bonchev–Trinajstić information content (AvgIpc) is 2.38. The minimum Gasteiger partial charge on any atom is -0.507 e. The normalized spacial score (nSPS) is 9.55. The molecule has 0 atom stereocenters. The van der Waals surface area contributed by atoms with Crippen molar-refractivity contribution in [3.8, 4) is 11.5 Å². The molecule has 0 fully saturated rings. The van der Waals surface area contributed by atoms with Gasteiger partial charge in [0.2, 0.25) is 0 Å². The fraction of sp³-hybridized carbons (Fsp3) is 0. The van der Waals surface area contributed by atoms with Gasteiger partial charge in [-0.3, -0.25) is 0 Å². The standard InChI is InChI=1S/2C7H5BrO3/c2*8-4-1-2-5(7(10)11)6(9)3-4/h2*1-3,9H,(H,10,11). The molecule has 116 valence electrons. The molecule has 0 aliphatic rings. The van der Waals surface area contributed by atoms with Crippen LogP contribution in [0.1, 0.15) is 20.7 Å². The molecule has 2 rings (SSSR count). The van der Waals surface area contributed by atoms with Crippen molar-refractivity contribution in [2.75, 3.05) is 0 Å². The van der Waals surface area contributed by atoms with E-state index in [0.29, 0.717) is 8.95 Å². The minimum atomic E-state index is -1.13. The first-order chi connectivity index (χ1) is 10.2. The molecule has 0 radical (unpaired) electrons. The van der Waals surface area contributed by atoms with E-state index in [2.05, 4.69) is 31.9 Å². The van der Waals surface area contributed by atoms with Crippen molar-refractivity contribution in [1.29, 1.82) is 0 Å². The van der Waals surface area contributed by atoms with Gasteiger partial charge in [0.05, 0.1) is 0 Å². The lowest BCUT2D eigenvalue weighted by Gasteiger charge is -1.97. The second-order valence-corrected chi connectivity index (χ2v) is 5.76. The summed E-state index contributed by atoms with van der Waals surface area (Å²) in [4.78, 5) is 20.7. The number of carboxylic acids is 2. The number of phenols is 2. The van der Waals surface area contributed by atoms with Crippen LogP contribution in [0, 0.1) is 0 Å². The fourth-order valence-corrected chi connectivity index (χ4v) is 2.07. The van der Waals surface area contributed by atoms with Gasteiger partial charge in [0.1, 0.15) is 22.6 Å². The summed E-state index contributed by atoms with van der Waals surface area (Å²) in [7, 11) is 0. The quantitative estimate of drug-likeness (QED) is 0.573. The Morgan fingerprint density at radius 3 is 1.27 bits per heavy atom. The highest BCUT2D eigenvalue weighted by Crippen LogP contribution is 2.22. The lowest BCUT2D eigenvalue weighted by atomic mass is 10.2. The van der Waals surface area contributed by atoms with Crippen LogP contribution in [0.25, 0.3) is 0 Å². The Kier molecular flexibility index (Phi) is 6.39. The molecular weight excluding hydrogens is 424 g/mol. The zero-order chi connectivity index (χ0) is 16.9. The second kappa shape index (κ2) is 7.81.